The van der Waals surface area contributed by atoms with Crippen LogP contribution in [0.1, 0.15) is 34.2 Å². The van der Waals surface area contributed by atoms with Crippen LogP contribution in [0.3, 0.4) is 0 Å². The number of halogens is 2. The molecule has 1 aliphatic heterocycles. The molecule has 0 aliphatic carbocycles. The zero-order valence-electron chi connectivity index (χ0n) is 18.6. The number of benzene rings is 1. The first-order chi connectivity index (χ1) is 16.3. The summed E-state index contributed by atoms with van der Waals surface area (Å²) in [7, 11) is 3.36. The van der Waals surface area contributed by atoms with E-state index in [1.165, 1.54) is 0 Å². The number of fused-ring (bicyclic) bond motifs is 1. The van der Waals surface area contributed by atoms with E-state index in [-0.39, 0.29) is 11.5 Å². The summed E-state index contributed by atoms with van der Waals surface area (Å²) in [6.45, 7) is 2.65. The van der Waals surface area contributed by atoms with E-state index in [1.807, 2.05) is 31.2 Å². The Balaban J connectivity index is 1.52. The van der Waals surface area contributed by atoms with Crippen LogP contribution in [0, 0.1) is 11.8 Å². The van der Waals surface area contributed by atoms with Gasteiger partial charge in [-0.3, -0.25) is 4.79 Å². The molecule has 0 radical (unpaired) electrons. The number of rotatable bonds is 4. The van der Waals surface area contributed by atoms with Crippen LogP contribution in [-0.2, 0) is 19.0 Å². The molecule has 1 aromatic carbocycles. The van der Waals surface area contributed by atoms with E-state index < -0.39 is 23.1 Å². The standard InChI is InChI=1S/C22H20F2N8O2/c1-22(15-9-26-30(2)21(15)34-3)12-31(11-13-6-4-5-7-14(13)22)20(33)19-27-29-32(28-19)17-10-25-18(24)8-16(17)23/h4-10H,11-12H2,1-3H3. The molecular weight excluding hydrogens is 446 g/mol. The lowest BCUT2D eigenvalue weighted by atomic mass is 9.72. The van der Waals surface area contributed by atoms with E-state index >= 15 is 0 Å². The van der Waals surface area contributed by atoms with Crippen molar-refractivity contribution in [3.63, 3.8) is 0 Å². The van der Waals surface area contributed by atoms with E-state index in [2.05, 4.69) is 25.5 Å². The minimum absolute atomic E-state index is 0.219. The lowest BCUT2D eigenvalue weighted by Gasteiger charge is -2.41. The SMILES string of the molecule is COc1c(C2(C)CN(C(=O)c3nnn(-c4cnc(F)cc4F)n3)Cc3ccccc32)cnn1C. The number of tetrazole rings is 1. The Bertz CT molecular complexity index is 1400. The van der Waals surface area contributed by atoms with Crippen molar-refractivity contribution >= 4 is 5.91 Å². The van der Waals surface area contributed by atoms with Crippen LogP contribution in [0.5, 0.6) is 5.88 Å². The number of aryl methyl sites for hydroxylation is 1. The van der Waals surface area contributed by atoms with Gasteiger partial charge in [-0.15, -0.1) is 15.0 Å². The van der Waals surface area contributed by atoms with Gasteiger partial charge in [0.2, 0.25) is 11.8 Å². The van der Waals surface area contributed by atoms with Gasteiger partial charge in [0.15, 0.2) is 5.82 Å². The third-order valence-corrected chi connectivity index (χ3v) is 6.06. The first kappa shape index (κ1) is 21.6. The van der Waals surface area contributed by atoms with Gasteiger partial charge in [-0.05, 0) is 23.3 Å². The molecule has 0 N–H and O–H groups in total. The van der Waals surface area contributed by atoms with E-state index in [4.69, 9.17) is 4.74 Å². The second-order valence-corrected chi connectivity index (χ2v) is 8.20. The third-order valence-electron chi connectivity index (χ3n) is 6.06. The van der Waals surface area contributed by atoms with E-state index in [9.17, 15) is 13.6 Å². The number of amides is 1. The Morgan fingerprint density at radius 1 is 1.18 bits per heavy atom. The summed E-state index contributed by atoms with van der Waals surface area (Å²) in [5.41, 5.74) is 1.99. The predicted octanol–water partition coefficient (Wildman–Crippen LogP) is 2.04. The summed E-state index contributed by atoms with van der Waals surface area (Å²) in [4.78, 5) is 19.2. The van der Waals surface area contributed by atoms with Crippen molar-refractivity contribution in [2.75, 3.05) is 13.7 Å². The normalized spacial score (nSPS) is 17.5. The van der Waals surface area contributed by atoms with Crippen LogP contribution in [0.2, 0.25) is 0 Å². The number of methoxy groups -OCH3 is 1. The molecule has 3 aromatic heterocycles. The summed E-state index contributed by atoms with van der Waals surface area (Å²) >= 11 is 0. The molecule has 4 aromatic rings. The number of nitrogens with zero attached hydrogens (tertiary/aromatic N) is 8. The molecule has 0 saturated heterocycles. The number of carbonyl (C=O) groups is 1. The highest BCUT2D eigenvalue weighted by atomic mass is 19.1. The number of ether oxygens (including phenoxy) is 1. The molecule has 0 saturated carbocycles. The van der Waals surface area contributed by atoms with Crippen LogP contribution in [0.15, 0.2) is 42.7 Å². The van der Waals surface area contributed by atoms with Gasteiger partial charge in [-0.2, -0.15) is 9.49 Å². The van der Waals surface area contributed by atoms with Crippen molar-refractivity contribution in [1.29, 1.82) is 0 Å². The van der Waals surface area contributed by atoms with Gasteiger partial charge in [0.1, 0.15) is 5.69 Å². The lowest BCUT2D eigenvalue weighted by molar-refractivity contribution is 0.0681. The van der Waals surface area contributed by atoms with Crippen LogP contribution in [-0.4, -0.2) is 59.4 Å². The second kappa shape index (κ2) is 7.97. The van der Waals surface area contributed by atoms with E-state index in [1.54, 1.807) is 29.9 Å². The van der Waals surface area contributed by atoms with Gasteiger partial charge < -0.3 is 9.64 Å². The minimum Gasteiger partial charge on any atom is -0.481 e. The summed E-state index contributed by atoms with van der Waals surface area (Å²) in [5, 5.41) is 15.9. The highest BCUT2D eigenvalue weighted by molar-refractivity contribution is 5.90. The van der Waals surface area contributed by atoms with Gasteiger partial charge in [-0.25, -0.2) is 14.1 Å². The smallest absolute Gasteiger partial charge is 0.295 e. The minimum atomic E-state index is -0.977. The van der Waals surface area contributed by atoms with Gasteiger partial charge in [-0.1, -0.05) is 24.3 Å². The zero-order chi connectivity index (χ0) is 24.0. The first-order valence-electron chi connectivity index (χ1n) is 10.4. The van der Waals surface area contributed by atoms with Crippen molar-refractivity contribution in [2.24, 2.45) is 7.05 Å². The molecule has 174 valence electrons. The zero-order valence-corrected chi connectivity index (χ0v) is 18.6. The summed E-state index contributed by atoms with van der Waals surface area (Å²) in [6.07, 6.45) is 2.67. The van der Waals surface area contributed by atoms with Crippen molar-refractivity contribution in [3.05, 3.63) is 77.0 Å². The maximum absolute atomic E-state index is 14.1. The van der Waals surface area contributed by atoms with Crippen LogP contribution >= 0.6 is 0 Å². The fourth-order valence-corrected chi connectivity index (χ4v) is 4.44. The van der Waals surface area contributed by atoms with E-state index in [0.29, 0.717) is 25.0 Å². The molecule has 1 unspecified atom stereocenters. The van der Waals surface area contributed by atoms with Crippen molar-refractivity contribution in [2.45, 2.75) is 18.9 Å². The Morgan fingerprint density at radius 2 is 1.97 bits per heavy atom. The highest BCUT2D eigenvalue weighted by Gasteiger charge is 2.42. The fourth-order valence-electron chi connectivity index (χ4n) is 4.44. The Morgan fingerprint density at radius 3 is 2.74 bits per heavy atom. The molecular formula is C22H20F2N8O2. The topological polar surface area (TPSA) is 104 Å². The molecule has 12 heteroatoms. The molecule has 0 spiro atoms. The predicted molar refractivity (Wildman–Crippen MR) is 114 cm³/mol. The molecule has 4 heterocycles. The molecule has 34 heavy (non-hydrogen) atoms. The number of hydrogen-bond acceptors (Lipinski definition) is 7. The Kier molecular flexibility index (Phi) is 5.07. The van der Waals surface area contributed by atoms with Crippen molar-refractivity contribution in [3.8, 4) is 11.6 Å². The van der Waals surface area contributed by atoms with Crippen LogP contribution < -0.4 is 4.74 Å². The molecule has 1 aliphatic rings. The molecule has 10 nitrogen and oxygen atoms in total. The number of aromatic nitrogens is 7. The number of hydrogen-bond donors (Lipinski definition) is 0. The number of pyridine rings is 1. The lowest BCUT2D eigenvalue weighted by Crippen LogP contribution is -2.47. The average Bonchev–Trinajstić information content (AvgIpc) is 3.45. The quantitative estimate of drug-likeness (QED) is 0.424. The van der Waals surface area contributed by atoms with Gasteiger partial charge in [0.25, 0.3) is 11.7 Å². The number of carbonyl (C=O) groups excluding carboxylic acids is 1. The van der Waals surface area contributed by atoms with Crippen LogP contribution in [0.25, 0.3) is 5.69 Å². The molecule has 0 fully saturated rings. The van der Waals surface area contributed by atoms with Gasteiger partial charge in [0, 0.05) is 37.2 Å². The largest absolute Gasteiger partial charge is 0.481 e. The molecule has 1 atom stereocenters. The Labute approximate surface area is 192 Å². The summed E-state index contributed by atoms with van der Waals surface area (Å²) in [6, 6.07) is 8.46. The van der Waals surface area contributed by atoms with Gasteiger partial charge in [0.05, 0.1) is 19.5 Å². The first-order valence-corrected chi connectivity index (χ1v) is 10.4. The average molecular weight is 466 g/mol. The second-order valence-electron chi connectivity index (χ2n) is 8.20. The maximum atomic E-state index is 14.1. The van der Waals surface area contributed by atoms with Gasteiger partial charge >= 0.3 is 0 Å². The molecule has 5 rings (SSSR count). The molecule has 0 bridgehead atoms. The summed E-state index contributed by atoms with van der Waals surface area (Å²) < 4.78 is 34.5. The highest BCUT2D eigenvalue weighted by Crippen LogP contribution is 2.42. The Hall–Kier alpha value is -4.22. The monoisotopic (exact) mass is 466 g/mol. The van der Waals surface area contributed by atoms with Crippen molar-refractivity contribution in [1.82, 2.24) is 39.9 Å². The van der Waals surface area contributed by atoms with Crippen molar-refractivity contribution < 1.29 is 18.3 Å². The molecule has 1 amide bonds. The third kappa shape index (κ3) is 3.38. The van der Waals surface area contributed by atoms with E-state index in [0.717, 1.165) is 27.7 Å². The summed E-state index contributed by atoms with van der Waals surface area (Å²) in [5.74, 6) is -2.01. The van der Waals surface area contributed by atoms with Crippen LogP contribution in [0.4, 0.5) is 8.78 Å². The maximum Gasteiger partial charge on any atom is 0.295 e. The fraction of sp³-hybridized carbons (Fsp3) is 0.273.